The van der Waals surface area contributed by atoms with Crippen LogP contribution >= 0.6 is 0 Å². The number of hydrogen-bond donors (Lipinski definition) is 1. The van der Waals surface area contributed by atoms with Crippen molar-refractivity contribution in [1.82, 2.24) is 10.3 Å². The summed E-state index contributed by atoms with van der Waals surface area (Å²) in [6, 6.07) is 2.95. The van der Waals surface area contributed by atoms with Crippen LogP contribution in [0.4, 0.5) is 0 Å². The molecule has 2 heteroatoms. The Bertz CT molecular complexity index is 436. The molecule has 0 bridgehead atoms. The van der Waals surface area contributed by atoms with E-state index in [2.05, 4.69) is 29.4 Å². The molecule has 2 aliphatic rings. The monoisotopic (exact) mass is 228 g/mol. The van der Waals surface area contributed by atoms with Crippen LogP contribution in [-0.4, -0.2) is 17.6 Å². The van der Waals surface area contributed by atoms with Gasteiger partial charge in [-0.15, -0.1) is 0 Å². The van der Waals surface area contributed by atoms with Crippen LogP contribution in [0.3, 0.4) is 0 Å². The molecule has 2 atom stereocenters. The molecule has 0 aromatic carbocycles. The van der Waals surface area contributed by atoms with Crippen molar-refractivity contribution in [2.75, 3.05) is 6.54 Å². The van der Waals surface area contributed by atoms with E-state index >= 15 is 0 Å². The van der Waals surface area contributed by atoms with Crippen LogP contribution in [0.25, 0.3) is 5.57 Å². The van der Waals surface area contributed by atoms with Crippen LogP contribution in [0.1, 0.15) is 36.8 Å². The quantitative estimate of drug-likeness (QED) is 0.799. The van der Waals surface area contributed by atoms with Gasteiger partial charge in [-0.3, -0.25) is 4.98 Å². The predicted octanol–water partition coefficient (Wildman–Crippen LogP) is 2.94. The molecular weight excluding hydrogens is 208 g/mol. The van der Waals surface area contributed by atoms with Gasteiger partial charge in [-0.2, -0.15) is 0 Å². The van der Waals surface area contributed by atoms with E-state index in [0.29, 0.717) is 6.04 Å². The van der Waals surface area contributed by atoms with Gasteiger partial charge in [-0.1, -0.05) is 6.08 Å². The Kier molecular flexibility index (Phi) is 2.98. The number of pyridine rings is 1. The number of aryl methyl sites for hydroxylation is 1. The summed E-state index contributed by atoms with van der Waals surface area (Å²) < 4.78 is 0. The normalized spacial score (nSPS) is 28.4. The molecular formula is C15H20N2. The zero-order valence-corrected chi connectivity index (χ0v) is 10.4. The summed E-state index contributed by atoms with van der Waals surface area (Å²) in [7, 11) is 0. The molecule has 1 saturated heterocycles. The minimum Gasteiger partial charge on any atom is -0.313 e. The zero-order chi connectivity index (χ0) is 11.7. The van der Waals surface area contributed by atoms with Gasteiger partial charge >= 0.3 is 0 Å². The smallest absolute Gasteiger partial charge is 0.0343 e. The van der Waals surface area contributed by atoms with Crippen molar-refractivity contribution < 1.29 is 0 Å². The summed E-state index contributed by atoms with van der Waals surface area (Å²) in [6.45, 7) is 3.31. The van der Waals surface area contributed by atoms with Gasteiger partial charge in [0.05, 0.1) is 0 Å². The van der Waals surface area contributed by atoms with E-state index in [1.165, 1.54) is 48.9 Å². The molecule has 2 heterocycles. The largest absolute Gasteiger partial charge is 0.313 e. The highest BCUT2D eigenvalue weighted by Gasteiger charge is 2.28. The van der Waals surface area contributed by atoms with Crippen molar-refractivity contribution in [3.8, 4) is 0 Å². The Balaban J connectivity index is 1.82. The third kappa shape index (κ3) is 2.27. The maximum atomic E-state index is 4.30. The molecule has 1 aliphatic heterocycles. The van der Waals surface area contributed by atoms with Crippen molar-refractivity contribution in [3.63, 3.8) is 0 Å². The second kappa shape index (κ2) is 4.61. The predicted molar refractivity (Wildman–Crippen MR) is 70.7 cm³/mol. The number of nitrogens with zero attached hydrogens (tertiary/aromatic N) is 1. The first kappa shape index (κ1) is 11.0. The number of fused-ring (bicyclic) bond motifs is 1. The highest BCUT2D eigenvalue weighted by molar-refractivity contribution is 5.66. The third-order valence-corrected chi connectivity index (χ3v) is 4.08. The summed E-state index contributed by atoms with van der Waals surface area (Å²) in [6.07, 6.45) is 11.5. The first-order valence-electron chi connectivity index (χ1n) is 6.67. The lowest BCUT2D eigenvalue weighted by molar-refractivity contribution is 0.278. The van der Waals surface area contributed by atoms with E-state index < -0.39 is 0 Å². The molecule has 0 saturated carbocycles. The Hall–Kier alpha value is -1.15. The van der Waals surface area contributed by atoms with E-state index in [1.807, 2.05) is 12.4 Å². The van der Waals surface area contributed by atoms with Crippen molar-refractivity contribution >= 4 is 5.57 Å². The zero-order valence-electron chi connectivity index (χ0n) is 10.4. The molecule has 17 heavy (non-hydrogen) atoms. The Labute approximate surface area is 103 Å². The fourth-order valence-electron chi connectivity index (χ4n) is 3.12. The van der Waals surface area contributed by atoms with Gasteiger partial charge in [0, 0.05) is 18.4 Å². The Morgan fingerprint density at radius 1 is 1.35 bits per heavy atom. The van der Waals surface area contributed by atoms with Crippen LogP contribution in [0.15, 0.2) is 24.5 Å². The standard InChI is InChI=1S/C15H20N2/c1-11-7-14(10-16-9-11)13-5-4-12-3-2-6-17-15(12)8-13/h5,7,9-10,12,15,17H,2-4,6,8H2,1H3/t12-,15+/m0/s1. The lowest BCUT2D eigenvalue weighted by Gasteiger charge is -2.36. The van der Waals surface area contributed by atoms with E-state index in [1.54, 1.807) is 0 Å². The highest BCUT2D eigenvalue weighted by Crippen LogP contribution is 2.34. The van der Waals surface area contributed by atoms with E-state index in [-0.39, 0.29) is 0 Å². The molecule has 0 spiro atoms. The van der Waals surface area contributed by atoms with Gasteiger partial charge in [0.25, 0.3) is 0 Å². The number of piperidine rings is 1. The molecule has 1 aromatic heterocycles. The molecule has 3 rings (SSSR count). The van der Waals surface area contributed by atoms with Crippen LogP contribution in [0.2, 0.25) is 0 Å². The SMILES string of the molecule is Cc1cncc(C2=CC[C@@H]3CCCN[C@@H]3C2)c1. The second-order valence-electron chi connectivity index (χ2n) is 5.38. The summed E-state index contributed by atoms with van der Waals surface area (Å²) in [5.41, 5.74) is 4.05. The first-order chi connectivity index (χ1) is 8.33. The van der Waals surface area contributed by atoms with Gasteiger partial charge in [0.2, 0.25) is 0 Å². The number of rotatable bonds is 1. The molecule has 90 valence electrons. The highest BCUT2D eigenvalue weighted by atomic mass is 14.9. The summed E-state index contributed by atoms with van der Waals surface area (Å²) in [4.78, 5) is 4.30. The molecule has 0 amide bonds. The maximum absolute atomic E-state index is 4.30. The van der Waals surface area contributed by atoms with Crippen LogP contribution in [0, 0.1) is 12.8 Å². The molecule has 1 fully saturated rings. The minimum atomic E-state index is 0.698. The molecule has 1 N–H and O–H groups in total. The molecule has 1 aliphatic carbocycles. The van der Waals surface area contributed by atoms with Crippen molar-refractivity contribution in [2.24, 2.45) is 5.92 Å². The lowest BCUT2D eigenvalue weighted by Crippen LogP contribution is -2.42. The van der Waals surface area contributed by atoms with Gasteiger partial charge < -0.3 is 5.32 Å². The van der Waals surface area contributed by atoms with E-state index in [4.69, 9.17) is 0 Å². The minimum absolute atomic E-state index is 0.698. The van der Waals surface area contributed by atoms with Crippen LogP contribution < -0.4 is 5.32 Å². The average Bonchev–Trinajstić information content (AvgIpc) is 2.38. The van der Waals surface area contributed by atoms with Crippen molar-refractivity contribution in [1.29, 1.82) is 0 Å². The number of aromatic nitrogens is 1. The van der Waals surface area contributed by atoms with Crippen LogP contribution in [0.5, 0.6) is 0 Å². The molecule has 0 radical (unpaired) electrons. The average molecular weight is 228 g/mol. The van der Waals surface area contributed by atoms with Gasteiger partial charge in [-0.25, -0.2) is 0 Å². The van der Waals surface area contributed by atoms with E-state index in [0.717, 1.165) is 5.92 Å². The second-order valence-corrected chi connectivity index (χ2v) is 5.38. The van der Waals surface area contributed by atoms with Gasteiger partial charge in [0.1, 0.15) is 0 Å². The van der Waals surface area contributed by atoms with Crippen LogP contribution in [-0.2, 0) is 0 Å². The Morgan fingerprint density at radius 3 is 3.18 bits per heavy atom. The molecule has 0 unspecified atom stereocenters. The van der Waals surface area contributed by atoms with E-state index in [9.17, 15) is 0 Å². The maximum Gasteiger partial charge on any atom is 0.0343 e. The lowest BCUT2D eigenvalue weighted by atomic mass is 9.78. The van der Waals surface area contributed by atoms with Crippen molar-refractivity contribution in [2.45, 2.75) is 38.6 Å². The summed E-state index contributed by atoms with van der Waals surface area (Å²) >= 11 is 0. The first-order valence-corrected chi connectivity index (χ1v) is 6.67. The summed E-state index contributed by atoms with van der Waals surface area (Å²) in [5.74, 6) is 0.866. The molecule has 1 aromatic rings. The topological polar surface area (TPSA) is 24.9 Å². The number of nitrogens with one attached hydrogen (secondary N) is 1. The molecule has 2 nitrogen and oxygen atoms in total. The number of hydrogen-bond acceptors (Lipinski definition) is 2. The fourth-order valence-corrected chi connectivity index (χ4v) is 3.12. The third-order valence-electron chi connectivity index (χ3n) is 4.08. The van der Waals surface area contributed by atoms with Gasteiger partial charge in [-0.05, 0) is 67.8 Å². The Morgan fingerprint density at radius 2 is 2.29 bits per heavy atom. The fraction of sp³-hybridized carbons (Fsp3) is 0.533. The number of allylic oxidation sites excluding steroid dienone is 1. The van der Waals surface area contributed by atoms with Crippen molar-refractivity contribution in [3.05, 3.63) is 35.7 Å². The van der Waals surface area contributed by atoms with Gasteiger partial charge in [0.15, 0.2) is 0 Å². The summed E-state index contributed by atoms with van der Waals surface area (Å²) in [5, 5.41) is 3.67.